The van der Waals surface area contributed by atoms with Crippen molar-refractivity contribution >= 4 is 26.1 Å². The number of rotatable bonds is 9. The van der Waals surface area contributed by atoms with E-state index in [2.05, 4.69) is 5.29 Å². The molecule has 13 heteroatoms. The van der Waals surface area contributed by atoms with Gasteiger partial charge in [-0.15, -0.1) is 4.91 Å². The van der Waals surface area contributed by atoms with Crippen molar-refractivity contribution in [2.45, 2.75) is 0 Å². The third-order valence-electron chi connectivity index (χ3n) is 2.78. The van der Waals surface area contributed by atoms with Gasteiger partial charge in [0.25, 0.3) is 0 Å². The molecule has 0 atom stereocenters. The zero-order valence-electron chi connectivity index (χ0n) is 12.9. The van der Waals surface area contributed by atoms with Gasteiger partial charge in [-0.25, -0.2) is 30.2 Å². The highest BCUT2D eigenvalue weighted by molar-refractivity contribution is 7.89. The fourth-order valence-corrected chi connectivity index (χ4v) is 2.87. The number of nitrogens with zero attached hydrogens (tertiary/aromatic N) is 4. The zero-order valence-corrected chi connectivity index (χ0v) is 14.5. The monoisotopic (exact) mass is 359 g/mol. The molecule has 0 saturated carbocycles. The van der Waals surface area contributed by atoms with E-state index in [1.165, 1.54) is 28.2 Å². The van der Waals surface area contributed by atoms with Crippen molar-refractivity contribution in [1.29, 1.82) is 0 Å². The van der Waals surface area contributed by atoms with E-state index in [4.69, 9.17) is 0 Å². The van der Waals surface area contributed by atoms with Gasteiger partial charge in [0.2, 0.25) is 20.0 Å². The largest absolute Gasteiger partial charge is 0.340 e. The smallest absolute Gasteiger partial charge is 0.321 e. The fourth-order valence-electron chi connectivity index (χ4n) is 1.24. The lowest BCUT2D eigenvalue weighted by molar-refractivity contribution is 0.204. The lowest BCUT2D eigenvalue weighted by atomic mass is 10.5. The van der Waals surface area contributed by atoms with Crippen molar-refractivity contribution in [1.82, 2.24) is 18.9 Å². The van der Waals surface area contributed by atoms with Gasteiger partial charge in [-0.2, -0.15) is 5.43 Å². The lowest BCUT2D eigenvalue weighted by Crippen LogP contribution is -2.44. The molecular formula is C9H21N5O6S2. The van der Waals surface area contributed by atoms with Gasteiger partial charge in [0, 0.05) is 41.3 Å². The minimum absolute atomic E-state index is 0.273. The maximum Gasteiger partial charge on any atom is 0.340 e. The first-order valence-corrected chi connectivity index (χ1v) is 9.33. The van der Waals surface area contributed by atoms with Crippen molar-refractivity contribution in [3.8, 4) is 0 Å². The average Bonchev–Trinajstić information content (AvgIpc) is 2.38. The minimum Gasteiger partial charge on any atom is -0.321 e. The molecule has 0 rings (SSSR count). The fraction of sp³-hybridized carbons (Fsp3) is 0.889. The summed E-state index contributed by atoms with van der Waals surface area (Å²) in [4.78, 5) is 22.6. The van der Waals surface area contributed by atoms with Crippen LogP contribution >= 0.6 is 0 Å². The Morgan fingerprint density at radius 2 is 1.27 bits per heavy atom. The average molecular weight is 359 g/mol. The predicted octanol–water partition coefficient (Wildman–Crippen LogP) is -1.54. The van der Waals surface area contributed by atoms with E-state index in [9.17, 15) is 26.5 Å². The van der Waals surface area contributed by atoms with Crippen molar-refractivity contribution in [3.63, 3.8) is 0 Å². The second-order valence-electron chi connectivity index (χ2n) is 4.69. The maximum absolute atomic E-state index is 11.7. The van der Waals surface area contributed by atoms with Crippen LogP contribution in [0.2, 0.25) is 0 Å². The Balaban J connectivity index is 4.93. The summed E-state index contributed by atoms with van der Waals surface area (Å²) in [5.41, 5.74) is 1.62. The molecule has 0 fully saturated rings. The topological polar surface area (TPSA) is 137 Å². The summed E-state index contributed by atoms with van der Waals surface area (Å²) in [6.07, 6.45) is 0. The van der Waals surface area contributed by atoms with Crippen LogP contribution in [-0.4, -0.2) is 89.2 Å². The second-order valence-corrected chi connectivity index (χ2v) is 9.30. The quantitative estimate of drug-likeness (QED) is 0.391. The third kappa shape index (κ3) is 6.64. The number of hydrogen-bond donors (Lipinski definition) is 1. The molecule has 1 N–H and O–H groups in total. The van der Waals surface area contributed by atoms with E-state index in [0.29, 0.717) is 0 Å². The van der Waals surface area contributed by atoms with E-state index in [1.807, 2.05) is 0 Å². The summed E-state index contributed by atoms with van der Waals surface area (Å²) in [5.74, 6) is -0.817. The SMILES string of the molecule is CN(C)S(=O)(=O)CCN(CCS(=O)(=O)N(C)C)C(=O)NN=O. The molecule has 0 spiro atoms. The van der Waals surface area contributed by atoms with Crippen LogP contribution in [0, 0.1) is 4.91 Å². The highest BCUT2D eigenvalue weighted by atomic mass is 32.2. The number of amides is 2. The highest BCUT2D eigenvalue weighted by Crippen LogP contribution is 2.01. The van der Waals surface area contributed by atoms with Gasteiger partial charge in [0.1, 0.15) is 0 Å². The molecular weight excluding hydrogens is 338 g/mol. The molecule has 130 valence electrons. The Labute approximate surface area is 130 Å². The van der Waals surface area contributed by atoms with E-state index >= 15 is 0 Å². The molecule has 0 aromatic carbocycles. The number of nitroso groups, excluding NO2 is 1. The number of nitrogens with one attached hydrogen (secondary N) is 1. The summed E-state index contributed by atoms with van der Waals surface area (Å²) in [5, 5.41) is 2.20. The molecule has 22 heavy (non-hydrogen) atoms. The Hall–Kier alpha value is -1.31. The molecule has 0 aliphatic rings. The van der Waals surface area contributed by atoms with E-state index in [0.717, 1.165) is 13.5 Å². The third-order valence-corrected chi connectivity index (χ3v) is 6.40. The van der Waals surface area contributed by atoms with Gasteiger partial charge in [0.15, 0.2) is 0 Å². The molecule has 0 aromatic heterocycles. The number of hydrogen-bond acceptors (Lipinski definition) is 7. The van der Waals surface area contributed by atoms with Gasteiger partial charge in [-0.05, 0) is 0 Å². The van der Waals surface area contributed by atoms with Crippen LogP contribution in [0.1, 0.15) is 0 Å². The Morgan fingerprint density at radius 1 is 0.909 bits per heavy atom. The molecule has 0 aliphatic heterocycles. The van der Waals surface area contributed by atoms with E-state index < -0.39 is 37.6 Å². The Kier molecular flexibility index (Phi) is 7.86. The van der Waals surface area contributed by atoms with Gasteiger partial charge < -0.3 is 4.90 Å². The summed E-state index contributed by atoms with van der Waals surface area (Å²) in [6, 6.07) is -0.960. The normalized spacial score (nSPS) is 12.5. The molecule has 0 unspecified atom stereocenters. The number of carbonyl (C=O) groups is 1. The highest BCUT2D eigenvalue weighted by Gasteiger charge is 2.22. The van der Waals surface area contributed by atoms with Crippen LogP contribution < -0.4 is 5.43 Å². The van der Waals surface area contributed by atoms with Gasteiger partial charge in [0.05, 0.1) is 16.8 Å². The number of carbonyl (C=O) groups excluding carboxylic acids is 1. The van der Waals surface area contributed by atoms with Crippen LogP contribution in [0.3, 0.4) is 0 Å². The Morgan fingerprint density at radius 3 is 1.55 bits per heavy atom. The summed E-state index contributed by atoms with van der Waals surface area (Å²) < 4.78 is 48.7. The molecule has 0 aromatic rings. The number of urea groups is 1. The molecule has 2 amide bonds. The van der Waals surface area contributed by atoms with Crippen LogP contribution in [0.4, 0.5) is 4.79 Å². The van der Waals surface area contributed by atoms with Crippen molar-refractivity contribution in [2.75, 3.05) is 52.8 Å². The second kappa shape index (κ2) is 8.36. The number of sulfonamides is 2. The predicted molar refractivity (Wildman–Crippen MR) is 80.8 cm³/mol. The summed E-state index contributed by atoms with van der Waals surface area (Å²) in [7, 11) is -1.79. The van der Waals surface area contributed by atoms with Crippen LogP contribution in [0.25, 0.3) is 0 Å². The van der Waals surface area contributed by atoms with Gasteiger partial charge >= 0.3 is 6.03 Å². The first-order chi connectivity index (χ1) is 9.94. The first kappa shape index (κ1) is 20.7. The molecule has 0 aliphatic carbocycles. The standard InChI is InChI=1S/C9H21N5O6S2/c1-12(2)21(17,18)7-5-14(9(15)10-11-16)6-8-22(19,20)13(3)4/h5-8H2,1-4H3,(H,10,15,16). The van der Waals surface area contributed by atoms with Crippen molar-refractivity contribution in [2.24, 2.45) is 5.29 Å². The minimum atomic E-state index is -3.57. The molecule has 0 bridgehead atoms. The zero-order chi connectivity index (χ0) is 17.6. The van der Waals surface area contributed by atoms with E-state index in [-0.39, 0.29) is 13.1 Å². The summed E-state index contributed by atoms with van der Waals surface area (Å²) in [6.45, 7) is -0.546. The van der Waals surface area contributed by atoms with Crippen LogP contribution in [0.15, 0.2) is 5.29 Å². The summed E-state index contributed by atoms with van der Waals surface area (Å²) >= 11 is 0. The first-order valence-electron chi connectivity index (χ1n) is 6.11. The molecule has 0 saturated heterocycles. The molecule has 0 heterocycles. The van der Waals surface area contributed by atoms with Gasteiger partial charge in [-0.1, -0.05) is 0 Å². The molecule has 11 nitrogen and oxygen atoms in total. The maximum atomic E-state index is 11.7. The van der Waals surface area contributed by atoms with Crippen LogP contribution in [-0.2, 0) is 20.0 Å². The van der Waals surface area contributed by atoms with Crippen molar-refractivity contribution < 1.29 is 21.6 Å². The van der Waals surface area contributed by atoms with Crippen molar-refractivity contribution in [3.05, 3.63) is 4.91 Å². The lowest BCUT2D eigenvalue weighted by Gasteiger charge is -2.23. The van der Waals surface area contributed by atoms with Gasteiger partial charge in [-0.3, -0.25) is 0 Å². The Bertz CT molecular complexity index is 544. The van der Waals surface area contributed by atoms with E-state index in [1.54, 1.807) is 5.43 Å². The van der Waals surface area contributed by atoms with Crippen LogP contribution in [0.5, 0.6) is 0 Å². The molecule has 0 radical (unpaired) electrons.